The number of carboxylic acid groups (broad SMARTS) is 1. The van der Waals surface area contributed by atoms with E-state index in [0.29, 0.717) is 19.4 Å². The van der Waals surface area contributed by atoms with Crippen LogP contribution in [0.5, 0.6) is 0 Å². The van der Waals surface area contributed by atoms with Gasteiger partial charge in [0.1, 0.15) is 12.3 Å². The van der Waals surface area contributed by atoms with Crippen LogP contribution >= 0.6 is 0 Å². The van der Waals surface area contributed by atoms with Gasteiger partial charge in [-0.15, -0.1) is 0 Å². The third-order valence-electron chi connectivity index (χ3n) is 4.00. The number of nitrogens with two attached hydrogens (primary N) is 1. The van der Waals surface area contributed by atoms with Gasteiger partial charge in [0.2, 0.25) is 11.8 Å². The summed E-state index contributed by atoms with van der Waals surface area (Å²) < 4.78 is 0. The van der Waals surface area contributed by atoms with Crippen LogP contribution in [-0.4, -0.2) is 72.8 Å². The van der Waals surface area contributed by atoms with E-state index in [1.807, 2.05) is 18.2 Å². The minimum Gasteiger partial charge on any atom is -0.480 e. The minimum atomic E-state index is -1.19. The van der Waals surface area contributed by atoms with Gasteiger partial charge in [-0.05, 0) is 27.3 Å². The molecule has 2 atom stereocenters. The van der Waals surface area contributed by atoms with E-state index in [2.05, 4.69) is 35.4 Å². The van der Waals surface area contributed by atoms with Gasteiger partial charge in [0.15, 0.2) is 0 Å². The van der Waals surface area contributed by atoms with Gasteiger partial charge >= 0.3 is 5.97 Å². The molecule has 0 aliphatic carbocycles. The summed E-state index contributed by atoms with van der Waals surface area (Å²) >= 11 is 0. The Bertz CT molecular complexity index is 639. The van der Waals surface area contributed by atoms with Crippen molar-refractivity contribution in [3.63, 3.8) is 0 Å². The molecule has 2 amide bonds. The highest BCUT2D eigenvalue weighted by Crippen LogP contribution is 2.01. The van der Waals surface area contributed by atoms with Gasteiger partial charge in [-0.2, -0.15) is 0 Å². The van der Waals surface area contributed by atoms with Crippen LogP contribution < -0.4 is 16.4 Å². The average molecular weight is 408 g/mol. The number of amides is 2. The van der Waals surface area contributed by atoms with E-state index in [1.54, 1.807) is 6.92 Å². The van der Waals surface area contributed by atoms with Crippen molar-refractivity contribution < 1.29 is 24.3 Å². The number of carboxylic acids is 1. The first-order chi connectivity index (χ1) is 13.8. The van der Waals surface area contributed by atoms with Crippen LogP contribution in [0.3, 0.4) is 0 Å². The van der Waals surface area contributed by atoms with Gasteiger partial charge in [0, 0.05) is 19.5 Å². The second kappa shape index (κ2) is 15.2. The first kappa shape index (κ1) is 26.2. The number of aliphatic carboxylic acids is 1. The zero-order valence-corrected chi connectivity index (χ0v) is 17.3. The average Bonchev–Trinajstić information content (AvgIpc) is 2.71. The number of rotatable bonds is 7. The highest BCUT2D eigenvalue weighted by Gasteiger charge is 2.27. The van der Waals surface area contributed by atoms with Crippen molar-refractivity contribution in [1.29, 1.82) is 0 Å². The number of piperazine rings is 1. The molecule has 1 saturated heterocycles. The zero-order chi connectivity index (χ0) is 22.2. The summed E-state index contributed by atoms with van der Waals surface area (Å²) in [5.74, 6) is -1.92. The zero-order valence-electron chi connectivity index (χ0n) is 17.3. The number of nitrogens with one attached hydrogen (secondary N) is 2. The topological polar surface area (TPSA) is 142 Å². The van der Waals surface area contributed by atoms with Crippen molar-refractivity contribution in [2.75, 3.05) is 26.7 Å². The molecule has 5 N–H and O–H groups in total. The molecule has 1 heterocycles. The van der Waals surface area contributed by atoms with Crippen molar-refractivity contribution in [3.05, 3.63) is 35.9 Å². The number of benzene rings is 1. The molecule has 9 heteroatoms. The van der Waals surface area contributed by atoms with E-state index in [1.165, 1.54) is 17.5 Å². The second-order valence-electron chi connectivity index (χ2n) is 6.29. The molecule has 1 fully saturated rings. The summed E-state index contributed by atoms with van der Waals surface area (Å²) in [6.07, 6.45) is 0.695. The third kappa shape index (κ3) is 11.0. The second-order valence-corrected chi connectivity index (χ2v) is 6.29. The number of aldehydes is 1. The molecule has 29 heavy (non-hydrogen) atoms. The predicted molar refractivity (Wildman–Crippen MR) is 110 cm³/mol. The van der Waals surface area contributed by atoms with E-state index in [4.69, 9.17) is 5.11 Å². The van der Waals surface area contributed by atoms with E-state index < -0.39 is 17.9 Å². The normalized spacial score (nSPS) is 16.3. The predicted octanol–water partition coefficient (Wildman–Crippen LogP) is -0.0749. The van der Waals surface area contributed by atoms with Crippen LogP contribution in [0, 0.1) is 6.92 Å². The maximum absolute atomic E-state index is 11.8. The monoisotopic (exact) mass is 408 g/mol. The smallest absolute Gasteiger partial charge is 0.326 e. The number of carbonyl (C=O) groups excluding carboxylic acids is 3. The van der Waals surface area contributed by atoms with Crippen molar-refractivity contribution in [1.82, 2.24) is 15.5 Å². The van der Waals surface area contributed by atoms with Gasteiger partial charge in [-0.3, -0.25) is 9.59 Å². The number of nitrogens with zero attached hydrogens (tertiary/aromatic N) is 1. The molecule has 1 aromatic rings. The molecule has 2 rings (SSSR count). The van der Waals surface area contributed by atoms with Crippen molar-refractivity contribution in [2.24, 2.45) is 5.73 Å². The molecule has 162 valence electrons. The molecular weight excluding hydrogens is 376 g/mol. The van der Waals surface area contributed by atoms with Gasteiger partial charge in [-0.25, -0.2) is 4.79 Å². The molecule has 0 radical (unpaired) electrons. The lowest BCUT2D eigenvalue weighted by Gasteiger charge is -2.31. The molecule has 0 spiro atoms. The minimum absolute atomic E-state index is 0.0382. The van der Waals surface area contributed by atoms with Crippen molar-refractivity contribution in [2.45, 2.75) is 38.8 Å². The Hall–Kier alpha value is -2.78. The molecule has 1 aromatic carbocycles. The Kier molecular flexibility index (Phi) is 13.7. The summed E-state index contributed by atoms with van der Waals surface area (Å²) in [6, 6.07) is 8.81. The van der Waals surface area contributed by atoms with Crippen LogP contribution in [0.2, 0.25) is 0 Å². The highest BCUT2D eigenvalue weighted by molar-refractivity contribution is 5.89. The lowest BCUT2D eigenvalue weighted by Crippen LogP contribution is -2.56. The Labute approximate surface area is 171 Å². The van der Waals surface area contributed by atoms with Crippen LogP contribution in [-0.2, 0) is 19.2 Å². The van der Waals surface area contributed by atoms with Crippen molar-refractivity contribution in [3.8, 4) is 0 Å². The van der Waals surface area contributed by atoms with Gasteiger partial charge in [-0.1, -0.05) is 35.9 Å². The van der Waals surface area contributed by atoms with E-state index in [0.717, 1.165) is 0 Å². The largest absolute Gasteiger partial charge is 0.480 e. The summed E-state index contributed by atoms with van der Waals surface area (Å²) in [5, 5.41) is 14.2. The highest BCUT2D eigenvalue weighted by atomic mass is 16.4. The number of carbonyl (C=O) groups is 4. The van der Waals surface area contributed by atoms with Gasteiger partial charge in [0.25, 0.3) is 0 Å². The Morgan fingerprint density at radius 2 is 1.97 bits per heavy atom. The van der Waals surface area contributed by atoms with E-state index in [9.17, 15) is 19.2 Å². The molecule has 0 aromatic heterocycles. The molecule has 1 aliphatic heterocycles. The van der Waals surface area contributed by atoms with E-state index in [-0.39, 0.29) is 31.3 Å². The maximum atomic E-state index is 11.8. The standard InChI is InChI=1S/C12H19N3O5.C7H8.CH5N/c1-8-11(18)15(5-4-13-8)7-10(17)14-9(12(19)20)3-2-6-16;1-7-5-3-2-4-6-7;1-2/h6,8-9,13H,2-5,7H2,1H3,(H,14,17)(H,19,20);2-6H,1H3;2H2,1H3. The molecule has 9 nitrogen and oxygen atoms in total. The van der Waals surface area contributed by atoms with Gasteiger partial charge < -0.3 is 31.2 Å². The number of hydrogen-bond acceptors (Lipinski definition) is 6. The quantitative estimate of drug-likeness (QED) is 0.463. The molecule has 0 bridgehead atoms. The summed E-state index contributed by atoms with van der Waals surface area (Å²) in [7, 11) is 1.50. The fraction of sp³-hybridized carbons (Fsp3) is 0.500. The fourth-order valence-corrected chi connectivity index (χ4v) is 2.48. The molecular formula is C20H32N4O5. The number of aryl methyl sites for hydroxylation is 1. The lowest BCUT2D eigenvalue weighted by atomic mass is 10.1. The third-order valence-corrected chi connectivity index (χ3v) is 4.00. The van der Waals surface area contributed by atoms with Crippen LogP contribution in [0.1, 0.15) is 25.3 Å². The number of hydrogen-bond donors (Lipinski definition) is 4. The summed E-state index contributed by atoms with van der Waals surface area (Å²) in [5.41, 5.74) is 5.82. The van der Waals surface area contributed by atoms with Crippen molar-refractivity contribution >= 4 is 24.1 Å². The van der Waals surface area contributed by atoms with Crippen LogP contribution in [0.15, 0.2) is 30.3 Å². The lowest BCUT2D eigenvalue weighted by molar-refractivity contribution is -0.143. The molecule has 2 unspecified atom stereocenters. The first-order valence-corrected chi connectivity index (χ1v) is 9.42. The molecule has 0 saturated carbocycles. The Balaban J connectivity index is 0.000000722. The van der Waals surface area contributed by atoms with Crippen LogP contribution in [0.25, 0.3) is 0 Å². The van der Waals surface area contributed by atoms with E-state index >= 15 is 0 Å². The Morgan fingerprint density at radius 3 is 2.45 bits per heavy atom. The van der Waals surface area contributed by atoms with Crippen LogP contribution in [0.4, 0.5) is 0 Å². The maximum Gasteiger partial charge on any atom is 0.326 e. The Morgan fingerprint density at radius 1 is 1.34 bits per heavy atom. The van der Waals surface area contributed by atoms with Gasteiger partial charge in [0.05, 0.1) is 12.6 Å². The summed E-state index contributed by atoms with van der Waals surface area (Å²) in [6.45, 7) is 4.61. The first-order valence-electron chi connectivity index (χ1n) is 9.42. The SMILES string of the molecule is CC1NCCN(CC(=O)NC(CCC=O)C(=O)O)C1=O.CN.Cc1ccccc1. The molecule has 1 aliphatic rings. The fourth-order valence-electron chi connectivity index (χ4n) is 2.48. The summed E-state index contributed by atoms with van der Waals surface area (Å²) in [4.78, 5) is 46.1.